The first-order valence-electron chi connectivity index (χ1n) is 11.5. The van der Waals surface area contributed by atoms with E-state index in [1.807, 2.05) is 11.8 Å². The molecule has 0 spiro atoms. The molecule has 0 unspecified atom stereocenters. The van der Waals surface area contributed by atoms with Crippen molar-refractivity contribution in [3.63, 3.8) is 0 Å². The van der Waals surface area contributed by atoms with Crippen LogP contribution in [-0.2, 0) is 6.42 Å². The first-order valence-corrected chi connectivity index (χ1v) is 12.5. The molecule has 2 aliphatic rings. The van der Waals surface area contributed by atoms with E-state index in [0.717, 1.165) is 42.9 Å². The molecule has 0 atom stereocenters. The molecule has 2 aromatic rings. The standard InChI is InChI=1S/C27H33N3S/c1-4-12-30(13-5-2)19(3)24-15-23-11-10-21(16-25(23)29-27(28)18-24)22-9-8-20-7-6-14-31-26(20)17-22/h8-11,15-17H,3-7,12-14,18H2,1-2H3,(H2,28,29). The van der Waals surface area contributed by atoms with Gasteiger partial charge in [-0.3, -0.25) is 0 Å². The molecular weight excluding hydrogens is 398 g/mol. The van der Waals surface area contributed by atoms with E-state index in [-0.39, 0.29) is 0 Å². The number of benzene rings is 2. The number of fused-ring (bicyclic) bond motifs is 2. The summed E-state index contributed by atoms with van der Waals surface area (Å²) < 4.78 is 0. The van der Waals surface area contributed by atoms with E-state index in [2.05, 4.69) is 67.8 Å². The van der Waals surface area contributed by atoms with Crippen LogP contribution >= 0.6 is 11.8 Å². The Hall–Kier alpha value is -2.46. The zero-order chi connectivity index (χ0) is 21.8. The summed E-state index contributed by atoms with van der Waals surface area (Å²) >= 11 is 1.97. The highest BCUT2D eigenvalue weighted by Gasteiger charge is 2.17. The molecule has 31 heavy (non-hydrogen) atoms. The smallest absolute Gasteiger partial charge is 0.104 e. The second-order valence-electron chi connectivity index (χ2n) is 8.43. The van der Waals surface area contributed by atoms with Gasteiger partial charge in [-0.15, -0.1) is 11.8 Å². The van der Waals surface area contributed by atoms with Crippen LogP contribution < -0.4 is 5.73 Å². The van der Waals surface area contributed by atoms with E-state index in [4.69, 9.17) is 10.7 Å². The largest absolute Gasteiger partial charge is 0.387 e. The Bertz CT molecular complexity index is 1030. The molecule has 2 aliphatic heterocycles. The molecule has 3 nitrogen and oxygen atoms in total. The summed E-state index contributed by atoms with van der Waals surface area (Å²) in [5, 5.41) is 0. The van der Waals surface area contributed by atoms with Gasteiger partial charge in [0.25, 0.3) is 0 Å². The number of hydrogen-bond donors (Lipinski definition) is 1. The van der Waals surface area contributed by atoms with Crippen molar-refractivity contribution < 1.29 is 0 Å². The Morgan fingerprint density at radius 3 is 2.61 bits per heavy atom. The molecule has 4 rings (SSSR count). The Morgan fingerprint density at radius 2 is 1.84 bits per heavy atom. The molecule has 0 saturated heterocycles. The Balaban J connectivity index is 1.67. The minimum absolute atomic E-state index is 0.641. The summed E-state index contributed by atoms with van der Waals surface area (Å²) in [5.74, 6) is 1.86. The highest BCUT2D eigenvalue weighted by molar-refractivity contribution is 7.99. The van der Waals surface area contributed by atoms with Crippen molar-refractivity contribution in [1.82, 2.24) is 4.90 Å². The maximum absolute atomic E-state index is 6.35. The predicted octanol–water partition coefficient (Wildman–Crippen LogP) is 6.80. The summed E-state index contributed by atoms with van der Waals surface area (Å²) in [7, 11) is 0. The fourth-order valence-corrected chi connectivity index (χ4v) is 5.47. The van der Waals surface area contributed by atoms with E-state index in [1.165, 1.54) is 45.8 Å². The van der Waals surface area contributed by atoms with Crippen molar-refractivity contribution in [2.24, 2.45) is 10.7 Å². The molecule has 4 heteroatoms. The minimum Gasteiger partial charge on any atom is -0.387 e. The lowest BCUT2D eigenvalue weighted by molar-refractivity contribution is 0.351. The average molecular weight is 432 g/mol. The molecule has 2 N–H and O–H groups in total. The predicted molar refractivity (Wildman–Crippen MR) is 136 cm³/mol. The van der Waals surface area contributed by atoms with Gasteiger partial charge in [0.1, 0.15) is 5.84 Å². The van der Waals surface area contributed by atoms with Crippen LogP contribution in [0.3, 0.4) is 0 Å². The molecule has 0 amide bonds. The van der Waals surface area contributed by atoms with Crippen molar-refractivity contribution >= 4 is 29.4 Å². The first kappa shape index (κ1) is 21.8. The van der Waals surface area contributed by atoms with Crippen LogP contribution in [-0.4, -0.2) is 29.6 Å². The van der Waals surface area contributed by atoms with Gasteiger partial charge < -0.3 is 10.6 Å². The lowest BCUT2D eigenvalue weighted by Crippen LogP contribution is -2.26. The molecule has 0 aromatic heterocycles. The highest BCUT2D eigenvalue weighted by Crippen LogP contribution is 2.37. The number of allylic oxidation sites excluding steroid dienone is 1. The molecule has 162 valence electrons. The van der Waals surface area contributed by atoms with Gasteiger partial charge in [-0.1, -0.05) is 44.7 Å². The summed E-state index contributed by atoms with van der Waals surface area (Å²) in [6, 6.07) is 13.4. The van der Waals surface area contributed by atoms with E-state index in [9.17, 15) is 0 Å². The minimum atomic E-state index is 0.641. The summed E-state index contributed by atoms with van der Waals surface area (Å²) in [6.07, 6.45) is 7.55. The Kier molecular flexibility index (Phi) is 6.86. The number of aryl methyl sites for hydroxylation is 1. The number of nitrogens with zero attached hydrogens (tertiary/aromatic N) is 2. The van der Waals surface area contributed by atoms with Gasteiger partial charge in [0, 0.05) is 35.7 Å². The molecule has 0 saturated carbocycles. The summed E-state index contributed by atoms with van der Waals surface area (Å²) in [4.78, 5) is 8.58. The van der Waals surface area contributed by atoms with Gasteiger partial charge in [0.2, 0.25) is 0 Å². The van der Waals surface area contributed by atoms with Crippen LogP contribution in [0.25, 0.3) is 17.2 Å². The zero-order valence-electron chi connectivity index (χ0n) is 18.8. The molecule has 0 fully saturated rings. The normalized spacial score (nSPS) is 15.3. The highest BCUT2D eigenvalue weighted by atomic mass is 32.2. The zero-order valence-corrected chi connectivity index (χ0v) is 19.6. The fourth-order valence-electron chi connectivity index (χ4n) is 4.40. The van der Waals surface area contributed by atoms with Crippen LogP contribution in [0.2, 0.25) is 0 Å². The van der Waals surface area contributed by atoms with Crippen molar-refractivity contribution in [2.45, 2.75) is 50.8 Å². The number of hydrogen-bond acceptors (Lipinski definition) is 4. The van der Waals surface area contributed by atoms with Crippen LogP contribution in [0.5, 0.6) is 0 Å². The van der Waals surface area contributed by atoms with Gasteiger partial charge in [-0.05, 0) is 71.9 Å². The van der Waals surface area contributed by atoms with Gasteiger partial charge >= 0.3 is 0 Å². The second kappa shape index (κ2) is 9.78. The Morgan fingerprint density at radius 1 is 1.10 bits per heavy atom. The first-order chi connectivity index (χ1) is 15.1. The van der Waals surface area contributed by atoms with Gasteiger partial charge in [-0.2, -0.15) is 0 Å². The molecule has 0 bridgehead atoms. The van der Waals surface area contributed by atoms with Crippen molar-refractivity contribution in [3.8, 4) is 11.1 Å². The lowest BCUT2D eigenvalue weighted by atomic mass is 9.98. The SMILES string of the molecule is C=C(C1=Cc2ccc(-c3ccc4c(c3)SCCC4)cc2N=C(N)C1)N(CCC)CCC. The van der Waals surface area contributed by atoms with Gasteiger partial charge in [0.05, 0.1) is 5.69 Å². The maximum Gasteiger partial charge on any atom is 0.104 e. The van der Waals surface area contributed by atoms with Crippen LogP contribution in [0.4, 0.5) is 5.69 Å². The number of aliphatic imine (C=N–C) groups is 1. The topological polar surface area (TPSA) is 41.6 Å². The average Bonchev–Trinajstić information content (AvgIpc) is 2.95. The van der Waals surface area contributed by atoms with Gasteiger partial charge in [-0.25, -0.2) is 4.99 Å². The van der Waals surface area contributed by atoms with Crippen LogP contribution in [0.15, 0.2) is 64.1 Å². The van der Waals surface area contributed by atoms with E-state index >= 15 is 0 Å². The summed E-state index contributed by atoms with van der Waals surface area (Å²) in [6.45, 7) is 10.9. The Labute approximate surface area is 191 Å². The van der Waals surface area contributed by atoms with Crippen molar-refractivity contribution in [3.05, 3.63) is 65.4 Å². The number of amidine groups is 1. The van der Waals surface area contributed by atoms with Crippen LogP contribution in [0.1, 0.15) is 50.7 Å². The van der Waals surface area contributed by atoms with Gasteiger partial charge in [0.15, 0.2) is 0 Å². The molecule has 0 aliphatic carbocycles. The maximum atomic E-state index is 6.35. The molecule has 2 heterocycles. The molecular formula is C27H33N3S. The van der Waals surface area contributed by atoms with E-state index < -0.39 is 0 Å². The third-order valence-electron chi connectivity index (χ3n) is 5.98. The third kappa shape index (κ3) is 4.90. The molecule has 2 aromatic carbocycles. The van der Waals surface area contributed by atoms with Crippen molar-refractivity contribution in [1.29, 1.82) is 0 Å². The lowest BCUT2D eigenvalue weighted by Gasteiger charge is -2.27. The quantitative estimate of drug-likeness (QED) is 0.524. The summed E-state index contributed by atoms with van der Waals surface area (Å²) in [5.41, 5.74) is 14.6. The monoisotopic (exact) mass is 431 g/mol. The van der Waals surface area contributed by atoms with Crippen molar-refractivity contribution in [2.75, 3.05) is 18.8 Å². The number of thioether (sulfide) groups is 1. The molecule has 0 radical (unpaired) electrons. The number of rotatable bonds is 7. The van der Waals surface area contributed by atoms with Crippen LogP contribution in [0, 0.1) is 0 Å². The van der Waals surface area contributed by atoms with E-state index in [0.29, 0.717) is 12.3 Å². The third-order valence-corrected chi connectivity index (χ3v) is 7.17. The number of nitrogens with two attached hydrogens (primary N) is 1. The second-order valence-corrected chi connectivity index (χ2v) is 9.57. The fraction of sp³-hybridized carbons (Fsp3) is 0.370. The van der Waals surface area contributed by atoms with E-state index in [1.54, 1.807) is 0 Å².